The molecule has 0 saturated heterocycles. The summed E-state index contributed by atoms with van der Waals surface area (Å²) in [6, 6.07) is 7.91. The van der Waals surface area contributed by atoms with Crippen molar-refractivity contribution >= 4 is 11.5 Å². The normalized spacial score (nSPS) is 12.0. The molecule has 0 aliphatic rings. The smallest absolute Gasteiger partial charge is 0.332 e. The molecule has 0 bridgehead atoms. The van der Waals surface area contributed by atoms with Gasteiger partial charge in [-0.05, 0) is 24.8 Å². The summed E-state index contributed by atoms with van der Waals surface area (Å²) in [6.07, 6.45) is 2.08. The minimum Gasteiger partial charge on any atom is -0.396 e. The van der Waals surface area contributed by atoms with Gasteiger partial charge in [0.15, 0.2) is 0 Å². The van der Waals surface area contributed by atoms with E-state index in [1.807, 2.05) is 0 Å². The van der Waals surface area contributed by atoms with Crippen LogP contribution < -0.4 is 21.9 Å². The lowest BCUT2D eigenvalue weighted by Crippen LogP contribution is -2.38. The van der Waals surface area contributed by atoms with E-state index in [1.54, 1.807) is 19.2 Å². The second-order valence-electron chi connectivity index (χ2n) is 6.82. The number of aromatic nitrogens is 2. The molecule has 1 aromatic heterocycles. The predicted octanol–water partition coefficient (Wildman–Crippen LogP) is 0.377. The predicted molar refractivity (Wildman–Crippen MR) is 110 cm³/mol. The van der Waals surface area contributed by atoms with Crippen LogP contribution in [0.15, 0.2) is 39.9 Å². The van der Waals surface area contributed by atoms with Gasteiger partial charge in [0, 0.05) is 58.0 Å². The standard InChI is InChI=1S/C19H27N5O5/c1-22-17(13-18(26)23(2)19(22)27)21-11-10-20-15(9-12-25)6-3-14-4-7-16(8-5-14)24(28)29/h4-5,7-8,13,15,20-21,25H,3,6,9-12H2,1-2H3. The van der Waals surface area contributed by atoms with E-state index in [4.69, 9.17) is 0 Å². The van der Waals surface area contributed by atoms with Crippen LogP contribution in [0.1, 0.15) is 18.4 Å². The number of aliphatic hydroxyl groups excluding tert-OH is 1. The molecule has 1 atom stereocenters. The van der Waals surface area contributed by atoms with Crippen molar-refractivity contribution in [3.05, 3.63) is 66.8 Å². The second-order valence-corrected chi connectivity index (χ2v) is 6.82. The molecule has 1 unspecified atom stereocenters. The molecule has 1 heterocycles. The second kappa shape index (κ2) is 10.5. The Labute approximate surface area is 168 Å². The number of hydrogen-bond acceptors (Lipinski definition) is 7. The van der Waals surface area contributed by atoms with Crippen LogP contribution in [-0.2, 0) is 20.5 Å². The first-order chi connectivity index (χ1) is 13.8. The molecule has 0 radical (unpaired) electrons. The monoisotopic (exact) mass is 405 g/mol. The maximum absolute atomic E-state index is 11.9. The molecule has 2 aromatic rings. The van der Waals surface area contributed by atoms with Crippen molar-refractivity contribution in [2.75, 3.05) is 25.0 Å². The van der Waals surface area contributed by atoms with Gasteiger partial charge in [-0.25, -0.2) is 4.79 Å². The first-order valence-electron chi connectivity index (χ1n) is 9.42. The van der Waals surface area contributed by atoms with Gasteiger partial charge in [0.25, 0.3) is 11.2 Å². The minimum atomic E-state index is -0.425. The van der Waals surface area contributed by atoms with Crippen molar-refractivity contribution in [2.45, 2.75) is 25.3 Å². The molecule has 10 heteroatoms. The van der Waals surface area contributed by atoms with Gasteiger partial charge in [0.1, 0.15) is 5.82 Å². The number of nitrogens with zero attached hydrogens (tertiary/aromatic N) is 3. The fourth-order valence-corrected chi connectivity index (χ4v) is 3.00. The minimum absolute atomic E-state index is 0.0502. The van der Waals surface area contributed by atoms with Crippen molar-refractivity contribution in [1.82, 2.24) is 14.5 Å². The number of nitro benzene ring substituents is 1. The Hall–Kier alpha value is -2.98. The van der Waals surface area contributed by atoms with Gasteiger partial charge in [-0.2, -0.15) is 0 Å². The topological polar surface area (TPSA) is 131 Å². The average Bonchev–Trinajstić information content (AvgIpc) is 2.71. The van der Waals surface area contributed by atoms with E-state index in [0.717, 1.165) is 23.0 Å². The van der Waals surface area contributed by atoms with Crippen LogP contribution in [0.2, 0.25) is 0 Å². The van der Waals surface area contributed by atoms with E-state index >= 15 is 0 Å². The van der Waals surface area contributed by atoms with Crippen LogP contribution in [0, 0.1) is 10.1 Å². The number of aryl methyl sites for hydroxylation is 1. The summed E-state index contributed by atoms with van der Waals surface area (Å²) in [4.78, 5) is 34.0. The lowest BCUT2D eigenvalue weighted by Gasteiger charge is -2.19. The van der Waals surface area contributed by atoms with Crippen molar-refractivity contribution < 1.29 is 10.0 Å². The summed E-state index contributed by atoms with van der Waals surface area (Å²) in [5.74, 6) is 0.449. The molecule has 2 rings (SSSR count). The Morgan fingerprint density at radius 2 is 1.79 bits per heavy atom. The molecule has 158 valence electrons. The highest BCUT2D eigenvalue weighted by Gasteiger charge is 2.10. The van der Waals surface area contributed by atoms with Crippen LogP contribution >= 0.6 is 0 Å². The Balaban J connectivity index is 1.84. The molecule has 0 aliphatic heterocycles. The van der Waals surface area contributed by atoms with E-state index in [9.17, 15) is 24.8 Å². The first-order valence-corrected chi connectivity index (χ1v) is 9.42. The summed E-state index contributed by atoms with van der Waals surface area (Å²) >= 11 is 0. The number of aliphatic hydroxyl groups is 1. The molecule has 0 amide bonds. The first kappa shape index (κ1) is 22.3. The van der Waals surface area contributed by atoms with Crippen LogP contribution in [0.25, 0.3) is 0 Å². The Morgan fingerprint density at radius 3 is 2.41 bits per heavy atom. The number of nitro groups is 1. The quantitative estimate of drug-likeness (QED) is 0.280. The zero-order valence-corrected chi connectivity index (χ0v) is 16.6. The SMILES string of the molecule is Cn1c(NCCNC(CCO)CCc2ccc([N+](=O)[O-])cc2)cc(=O)n(C)c1=O. The summed E-state index contributed by atoms with van der Waals surface area (Å²) in [5, 5.41) is 26.4. The third kappa shape index (κ3) is 6.26. The van der Waals surface area contributed by atoms with Gasteiger partial charge in [-0.3, -0.25) is 24.0 Å². The summed E-state index contributed by atoms with van der Waals surface area (Å²) in [6.45, 7) is 1.13. The lowest BCUT2D eigenvalue weighted by atomic mass is 10.0. The van der Waals surface area contributed by atoms with Gasteiger partial charge in [0.2, 0.25) is 0 Å². The Bertz CT molecular complexity index is 935. The van der Waals surface area contributed by atoms with E-state index in [-0.39, 0.29) is 23.9 Å². The molecule has 10 nitrogen and oxygen atoms in total. The third-order valence-corrected chi connectivity index (χ3v) is 4.80. The number of nitrogens with one attached hydrogen (secondary N) is 2. The van der Waals surface area contributed by atoms with Crippen LogP contribution in [0.3, 0.4) is 0 Å². The maximum atomic E-state index is 11.9. The fourth-order valence-electron chi connectivity index (χ4n) is 3.00. The van der Waals surface area contributed by atoms with E-state index in [1.165, 1.54) is 29.8 Å². The van der Waals surface area contributed by atoms with Crippen LogP contribution in [0.5, 0.6) is 0 Å². The molecule has 0 saturated carbocycles. The van der Waals surface area contributed by atoms with E-state index in [2.05, 4.69) is 10.6 Å². The highest BCUT2D eigenvalue weighted by Crippen LogP contribution is 2.14. The molecular formula is C19H27N5O5. The van der Waals surface area contributed by atoms with Gasteiger partial charge in [-0.1, -0.05) is 12.1 Å². The molecule has 0 spiro atoms. The lowest BCUT2D eigenvalue weighted by molar-refractivity contribution is -0.384. The van der Waals surface area contributed by atoms with Crippen LogP contribution in [0.4, 0.5) is 11.5 Å². The van der Waals surface area contributed by atoms with E-state index in [0.29, 0.717) is 25.3 Å². The number of rotatable bonds is 11. The molecule has 0 fully saturated rings. The van der Waals surface area contributed by atoms with Crippen molar-refractivity contribution in [3.63, 3.8) is 0 Å². The number of anilines is 1. The van der Waals surface area contributed by atoms with Gasteiger partial charge >= 0.3 is 5.69 Å². The van der Waals surface area contributed by atoms with Gasteiger partial charge < -0.3 is 15.7 Å². The number of non-ortho nitro benzene ring substituents is 1. The Morgan fingerprint density at radius 1 is 1.10 bits per heavy atom. The summed E-state index contributed by atoms with van der Waals surface area (Å²) < 4.78 is 2.42. The summed E-state index contributed by atoms with van der Waals surface area (Å²) in [7, 11) is 3.02. The number of hydrogen-bond donors (Lipinski definition) is 3. The van der Waals surface area contributed by atoms with Crippen molar-refractivity contribution in [2.24, 2.45) is 14.1 Å². The Kier molecular flexibility index (Phi) is 8.10. The third-order valence-electron chi connectivity index (χ3n) is 4.80. The zero-order chi connectivity index (χ0) is 21.4. The molecule has 3 N–H and O–H groups in total. The molecular weight excluding hydrogens is 378 g/mol. The summed E-state index contributed by atoms with van der Waals surface area (Å²) in [5.41, 5.74) is 0.294. The average molecular weight is 405 g/mol. The zero-order valence-electron chi connectivity index (χ0n) is 16.6. The molecule has 1 aromatic carbocycles. The van der Waals surface area contributed by atoms with Crippen molar-refractivity contribution in [1.29, 1.82) is 0 Å². The maximum Gasteiger partial charge on any atom is 0.332 e. The van der Waals surface area contributed by atoms with E-state index < -0.39 is 10.6 Å². The molecule has 0 aliphatic carbocycles. The van der Waals surface area contributed by atoms with Gasteiger partial charge in [0.05, 0.1) is 4.92 Å². The van der Waals surface area contributed by atoms with Crippen LogP contribution in [-0.4, -0.2) is 44.9 Å². The molecule has 29 heavy (non-hydrogen) atoms. The van der Waals surface area contributed by atoms with Crippen molar-refractivity contribution in [3.8, 4) is 0 Å². The largest absolute Gasteiger partial charge is 0.396 e. The highest BCUT2D eigenvalue weighted by molar-refractivity contribution is 5.34. The highest BCUT2D eigenvalue weighted by atomic mass is 16.6. The fraction of sp³-hybridized carbons (Fsp3) is 0.474. The number of benzene rings is 1. The van der Waals surface area contributed by atoms with Gasteiger partial charge in [-0.15, -0.1) is 0 Å².